The highest BCUT2D eigenvalue weighted by Crippen LogP contribution is 2.04. The van der Waals surface area contributed by atoms with Gasteiger partial charge in [-0.1, -0.05) is 24.3 Å². The van der Waals surface area contributed by atoms with Gasteiger partial charge in [0.1, 0.15) is 6.20 Å². The fraction of sp³-hybridized carbons (Fsp3) is 0.0833. The maximum Gasteiger partial charge on any atom is 0.355 e. The van der Waals surface area contributed by atoms with E-state index in [1.165, 1.54) is 35.4 Å². The van der Waals surface area contributed by atoms with Gasteiger partial charge in [-0.15, -0.1) is 10.4 Å². The highest BCUT2D eigenvalue weighted by Gasteiger charge is 2.17. The standard InChI is InChI=1S/C12H11N5O4/c18-11-3-1-9(2-4-11)5-13-15-12(19)8-16-7-10(6-14-16)17(20)21/h1-7H,8H2,(H2,13,15,18,19). The van der Waals surface area contributed by atoms with Gasteiger partial charge in [0.15, 0.2) is 0 Å². The first-order valence-electron chi connectivity index (χ1n) is 5.86. The minimum atomic E-state index is -0.567. The van der Waals surface area contributed by atoms with Crippen molar-refractivity contribution in [3.05, 3.63) is 52.3 Å². The Kier molecular flexibility index (Phi) is 4.24. The van der Waals surface area contributed by atoms with Gasteiger partial charge >= 0.3 is 11.6 Å². The molecule has 2 aromatic rings. The van der Waals surface area contributed by atoms with Gasteiger partial charge in [0.25, 0.3) is 12.7 Å². The number of rotatable bonds is 5. The number of H-pyrrole nitrogens is 1. The van der Waals surface area contributed by atoms with Crippen LogP contribution in [0.3, 0.4) is 0 Å². The van der Waals surface area contributed by atoms with E-state index in [1.807, 2.05) is 0 Å². The molecule has 0 unspecified atom stereocenters. The zero-order chi connectivity index (χ0) is 15.2. The van der Waals surface area contributed by atoms with Gasteiger partial charge in [-0.2, -0.15) is 10.2 Å². The number of aromatic nitrogens is 2. The predicted octanol–water partition coefficient (Wildman–Crippen LogP) is -0.566. The monoisotopic (exact) mass is 289 g/mol. The molecule has 0 aliphatic heterocycles. The second-order valence-electron chi connectivity index (χ2n) is 4.07. The molecular weight excluding hydrogens is 278 g/mol. The highest BCUT2D eigenvalue weighted by atomic mass is 16.6. The number of benzene rings is 1. The third kappa shape index (κ3) is 4.13. The summed E-state index contributed by atoms with van der Waals surface area (Å²) in [4.78, 5) is 21.5. The van der Waals surface area contributed by atoms with Crippen LogP contribution in [0.2, 0.25) is 0 Å². The molecule has 0 radical (unpaired) electrons. The minimum absolute atomic E-state index is 0.110. The summed E-state index contributed by atoms with van der Waals surface area (Å²) < 4.78 is 1.26. The van der Waals surface area contributed by atoms with Crippen molar-refractivity contribution in [1.29, 1.82) is 0 Å². The number of hydrogen-bond acceptors (Lipinski definition) is 5. The van der Waals surface area contributed by atoms with Crippen molar-refractivity contribution in [2.45, 2.75) is 6.54 Å². The lowest BCUT2D eigenvalue weighted by Gasteiger charge is -2.02. The number of nitrogens with zero attached hydrogens (tertiary/aromatic N) is 3. The third-order valence-corrected chi connectivity index (χ3v) is 2.47. The van der Waals surface area contributed by atoms with E-state index < -0.39 is 10.8 Å². The molecule has 0 bridgehead atoms. The van der Waals surface area contributed by atoms with Crippen LogP contribution in [0.1, 0.15) is 5.56 Å². The molecule has 0 spiro atoms. The zero-order valence-electron chi connectivity index (χ0n) is 10.7. The van der Waals surface area contributed by atoms with Crippen molar-refractivity contribution in [3.8, 4) is 5.75 Å². The average molecular weight is 289 g/mol. The molecule has 0 saturated heterocycles. The molecular formula is C12H11N5O4. The Morgan fingerprint density at radius 2 is 2.14 bits per heavy atom. The summed E-state index contributed by atoms with van der Waals surface area (Å²) in [6, 6.07) is 5.91. The number of carbonyl (C=O) groups excluding carboxylic acids is 1. The predicted molar refractivity (Wildman–Crippen MR) is 69.3 cm³/mol. The van der Waals surface area contributed by atoms with Crippen molar-refractivity contribution in [1.82, 2.24) is 10.5 Å². The summed E-state index contributed by atoms with van der Waals surface area (Å²) in [6.07, 6.45) is 3.77. The zero-order valence-corrected chi connectivity index (χ0v) is 10.7. The van der Waals surface area contributed by atoms with Crippen molar-refractivity contribution >= 4 is 17.8 Å². The molecule has 21 heavy (non-hydrogen) atoms. The summed E-state index contributed by atoms with van der Waals surface area (Å²) >= 11 is 0. The third-order valence-electron chi connectivity index (χ3n) is 2.47. The Morgan fingerprint density at radius 3 is 2.76 bits per heavy atom. The fourth-order valence-corrected chi connectivity index (χ4v) is 1.50. The Labute approximate surface area is 118 Å². The molecule has 2 N–H and O–H groups in total. The van der Waals surface area contributed by atoms with E-state index in [9.17, 15) is 20.0 Å². The van der Waals surface area contributed by atoms with Crippen LogP contribution >= 0.6 is 0 Å². The Morgan fingerprint density at radius 1 is 1.43 bits per heavy atom. The Hall–Kier alpha value is -3.23. The van der Waals surface area contributed by atoms with Gasteiger partial charge in [-0.3, -0.25) is 14.9 Å². The van der Waals surface area contributed by atoms with Crippen LogP contribution in [-0.2, 0) is 11.3 Å². The largest absolute Gasteiger partial charge is 0.872 e. The van der Waals surface area contributed by atoms with Crippen LogP contribution in [0, 0.1) is 10.1 Å². The van der Waals surface area contributed by atoms with Crippen LogP contribution in [-0.4, -0.2) is 22.1 Å². The van der Waals surface area contributed by atoms with Crippen LogP contribution < -0.4 is 15.2 Å². The minimum Gasteiger partial charge on any atom is -0.872 e. The summed E-state index contributed by atoms with van der Waals surface area (Å²) in [5, 5.41) is 27.6. The number of hydrazone groups is 1. The molecule has 2 rings (SSSR count). The number of aromatic amines is 1. The van der Waals surface area contributed by atoms with E-state index in [2.05, 4.69) is 15.6 Å². The molecule has 0 aliphatic carbocycles. The highest BCUT2D eigenvalue weighted by molar-refractivity contribution is 5.82. The van der Waals surface area contributed by atoms with Gasteiger partial charge in [-0.25, -0.2) is 5.43 Å². The van der Waals surface area contributed by atoms with E-state index in [0.29, 0.717) is 5.56 Å². The molecule has 1 amide bonds. The number of amides is 1. The second kappa shape index (κ2) is 6.28. The topological polar surface area (TPSA) is 127 Å². The van der Waals surface area contributed by atoms with E-state index in [0.717, 1.165) is 0 Å². The van der Waals surface area contributed by atoms with Gasteiger partial charge in [0, 0.05) is 0 Å². The summed E-state index contributed by atoms with van der Waals surface area (Å²) in [5.74, 6) is -0.561. The molecule has 108 valence electrons. The van der Waals surface area contributed by atoms with Crippen LogP contribution in [0.25, 0.3) is 0 Å². The van der Waals surface area contributed by atoms with E-state index in [-0.39, 0.29) is 18.0 Å². The molecule has 0 fully saturated rings. The van der Waals surface area contributed by atoms with Crippen molar-refractivity contribution in [2.24, 2.45) is 5.10 Å². The number of hydrogen-bond donors (Lipinski definition) is 2. The van der Waals surface area contributed by atoms with Crippen molar-refractivity contribution in [3.63, 3.8) is 0 Å². The van der Waals surface area contributed by atoms with Gasteiger partial charge in [-0.05, 0) is 5.56 Å². The number of carbonyl (C=O) groups is 1. The second-order valence-corrected chi connectivity index (χ2v) is 4.07. The quantitative estimate of drug-likeness (QED) is 0.331. The van der Waals surface area contributed by atoms with E-state index >= 15 is 0 Å². The number of nitrogens with one attached hydrogen (secondary N) is 2. The maximum absolute atomic E-state index is 11.6. The molecule has 0 atom stereocenters. The lowest BCUT2D eigenvalue weighted by atomic mass is 10.2. The summed E-state index contributed by atoms with van der Waals surface area (Å²) in [7, 11) is 0. The molecule has 0 aliphatic rings. The van der Waals surface area contributed by atoms with Crippen LogP contribution in [0.15, 0.2) is 41.8 Å². The molecule has 1 heterocycles. The number of nitro groups is 1. The normalized spacial score (nSPS) is 10.7. The van der Waals surface area contributed by atoms with Crippen LogP contribution in [0.4, 0.5) is 5.69 Å². The molecule has 9 nitrogen and oxygen atoms in total. The molecule has 0 saturated carbocycles. The first-order valence-corrected chi connectivity index (χ1v) is 5.86. The van der Waals surface area contributed by atoms with Gasteiger partial charge in [0.05, 0.1) is 11.1 Å². The Bertz CT molecular complexity index is 677. The van der Waals surface area contributed by atoms with Gasteiger partial charge in [0.2, 0.25) is 0 Å². The maximum atomic E-state index is 11.6. The van der Waals surface area contributed by atoms with Crippen molar-refractivity contribution in [2.75, 3.05) is 0 Å². The first-order chi connectivity index (χ1) is 10.0. The van der Waals surface area contributed by atoms with Crippen molar-refractivity contribution < 1.29 is 19.5 Å². The van der Waals surface area contributed by atoms with Gasteiger partial charge < -0.3 is 5.11 Å². The molecule has 1 aromatic carbocycles. The van der Waals surface area contributed by atoms with E-state index in [4.69, 9.17) is 0 Å². The first kappa shape index (κ1) is 14.2. The smallest absolute Gasteiger partial charge is 0.355 e. The molecule has 1 aromatic heterocycles. The SMILES string of the molecule is O=C(C[n+]1cc([N+](=O)[O-])c[nH]1)NN=Cc1ccc([O-])cc1. The molecule has 9 heteroatoms. The van der Waals surface area contributed by atoms with E-state index in [1.54, 1.807) is 12.1 Å². The van der Waals surface area contributed by atoms with Crippen LogP contribution in [0.5, 0.6) is 5.75 Å². The fourth-order valence-electron chi connectivity index (χ4n) is 1.50. The lowest BCUT2D eigenvalue weighted by molar-refractivity contribution is -0.739. The summed E-state index contributed by atoms with van der Waals surface area (Å²) in [6.45, 7) is -0.134. The lowest BCUT2D eigenvalue weighted by Crippen LogP contribution is -2.42. The summed E-state index contributed by atoms with van der Waals surface area (Å²) in [5.41, 5.74) is 2.80. The average Bonchev–Trinajstić information content (AvgIpc) is 2.90. The Balaban J connectivity index is 1.86.